The summed E-state index contributed by atoms with van der Waals surface area (Å²) in [6.07, 6.45) is 0. The lowest BCUT2D eigenvalue weighted by Crippen LogP contribution is -2.37. The predicted molar refractivity (Wildman–Crippen MR) is 92.9 cm³/mol. The van der Waals surface area contributed by atoms with E-state index in [-0.39, 0.29) is 36.3 Å². The Labute approximate surface area is 149 Å². The number of hydrogen-bond acceptors (Lipinski definition) is 4. The van der Waals surface area contributed by atoms with Crippen molar-refractivity contribution < 1.29 is 23.5 Å². The van der Waals surface area contributed by atoms with E-state index in [0.29, 0.717) is 17.1 Å². The number of carbonyl (C=O) groups excluding carboxylic acids is 2. The Morgan fingerprint density at radius 3 is 2.77 bits per heavy atom. The van der Waals surface area contributed by atoms with Gasteiger partial charge in [0.2, 0.25) is 5.91 Å². The molecule has 0 spiro atoms. The number of amides is 2. The zero-order valence-corrected chi connectivity index (χ0v) is 14.2. The van der Waals surface area contributed by atoms with Crippen molar-refractivity contribution >= 4 is 22.6 Å². The van der Waals surface area contributed by atoms with Crippen LogP contribution in [0.2, 0.25) is 0 Å². The van der Waals surface area contributed by atoms with Gasteiger partial charge in [-0.2, -0.15) is 0 Å². The summed E-state index contributed by atoms with van der Waals surface area (Å²) in [7, 11) is 1.47. The molecule has 1 saturated heterocycles. The van der Waals surface area contributed by atoms with Gasteiger partial charge in [-0.05, 0) is 23.6 Å². The molecule has 26 heavy (non-hydrogen) atoms. The van der Waals surface area contributed by atoms with Crippen LogP contribution in [0.3, 0.4) is 0 Å². The lowest BCUT2D eigenvalue weighted by atomic mass is 10.0. The van der Waals surface area contributed by atoms with Crippen molar-refractivity contribution in [2.45, 2.75) is 6.04 Å². The van der Waals surface area contributed by atoms with E-state index in [0.717, 1.165) is 10.8 Å². The lowest BCUT2D eigenvalue weighted by Gasteiger charge is -2.17. The largest absolute Gasteiger partial charge is 0.496 e. The summed E-state index contributed by atoms with van der Waals surface area (Å²) in [5, 5.41) is 4.43. The van der Waals surface area contributed by atoms with E-state index in [9.17, 15) is 14.0 Å². The van der Waals surface area contributed by atoms with E-state index >= 15 is 0 Å². The Morgan fingerprint density at radius 1 is 1.31 bits per heavy atom. The Morgan fingerprint density at radius 2 is 2.12 bits per heavy atom. The van der Waals surface area contributed by atoms with Gasteiger partial charge in [-0.25, -0.2) is 0 Å². The van der Waals surface area contributed by atoms with Gasteiger partial charge in [-0.15, -0.1) is 0 Å². The second-order valence-corrected chi connectivity index (χ2v) is 6.74. The van der Waals surface area contributed by atoms with Crippen LogP contribution in [0.5, 0.6) is 11.5 Å². The zero-order chi connectivity index (χ0) is 18.4. The SMILES string of the molecule is COc1cc2c(OC[C@H]3NC(=O)[C@@H]4[C@@H](CF)[C@@H]43)cccc2cc1C(N)=O. The third-order valence-corrected chi connectivity index (χ3v) is 5.35. The van der Waals surface area contributed by atoms with Gasteiger partial charge in [-0.1, -0.05) is 12.1 Å². The van der Waals surface area contributed by atoms with E-state index in [1.807, 2.05) is 12.1 Å². The molecule has 2 fully saturated rings. The van der Waals surface area contributed by atoms with Crippen LogP contribution in [-0.2, 0) is 4.79 Å². The number of fused-ring (bicyclic) bond motifs is 2. The van der Waals surface area contributed by atoms with E-state index < -0.39 is 12.6 Å². The Balaban J connectivity index is 1.59. The standard InChI is InChI=1S/C19H19FN2O4/c1-25-15-6-10-9(5-11(15)18(21)23)3-2-4-14(10)26-8-13-16-12(7-20)17(16)19(24)22-13/h2-6,12-13,16-17H,7-8H2,1H3,(H2,21,23)(H,22,24)/t12-,13+,16+,17+/m0/s1. The van der Waals surface area contributed by atoms with Crippen LogP contribution in [0.25, 0.3) is 10.8 Å². The first kappa shape index (κ1) is 16.6. The maximum absolute atomic E-state index is 12.9. The topological polar surface area (TPSA) is 90.7 Å². The van der Waals surface area contributed by atoms with Crippen molar-refractivity contribution in [2.24, 2.45) is 23.5 Å². The first-order valence-corrected chi connectivity index (χ1v) is 8.45. The number of primary amides is 1. The molecule has 1 heterocycles. The fraction of sp³-hybridized carbons (Fsp3) is 0.368. The molecule has 2 amide bonds. The smallest absolute Gasteiger partial charge is 0.252 e. The molecule has 3 N–H and O–H groups in total. The fourth-order valence-corrected chi connectivity index (χ4v) is 3.99. The molecule has 0 bridgehead atoms. The second-order valence-electron chi connectivity index (χ2n) is 6.74. The molecule has 2 aromatic carbocycles. The van der Waals surface area contributed by atoms with Gasteiger partial charge in [0.25, 0.3) is 5.91 Å². The fourth-order valence-electron chi connectivity index (χ4n) is 3.99. The molecule has 0 radical (unpaired) electrons. The van der Waals surface area contributed by atoms with Crippen LogP contribution in [0.15, 0.2) is 30.3 Å². The molecule has 136 valence electrons. The molecule has 2 aliphatic rings. The molecular weight excluding hydrogens is 339 g/mol. The van der Waals surface area contributed by atoms with Gasteiger partial charge in [0.05, 0.1) is 25.4 Å². The number of benzene rings is 2. The molecule has 0 unspecified atom stereocenters. The van der Waals surface area contributed by atoms with E-state index in [4.69, 9.17) is 15.2 Å². The molecule has 4 atom stereocenters. The molecule has 1 aliphatic heterocycles. The van der Waals surface area contributed by atoms with Crippen molar-refractivity contribution in [3.63, 3.8) is 0 Å². The molecule has 6 nitrogen and oxygen atoms in total. The van der Waals surface area contributed by atoms with Crippen molar-refractivity contribution in [3.05, 3.63) is 35.9 Å². The van der Waals surface area contributed by atoms with Gasteiger partial charge in [0.15, 0.2) is 0 Å². The third kappa shape index (κ3) is 2.55. The highest BCUT2D eigenvalue weighted by Crippen LogP contribution is 2.52. The van der Waals surface area contributed by atoms with Crippen molar-refractivity contribution in [3.8, 4) is 11.5 Å². The minimum Gasteiger partial charge on any atom is -0.496 e. The average Bonchev–Trinajstić information content (AvgIpc) is 3.29. The maximum atomic E-state index is 12.9. The average molecular weight is 358 g/mol. The molecule has 0 aromatic heterocycles. The number of halogens is 1. The molecule has 1 saturated carbocycles. The van der Waals surface area contributed by atoms with Crippen LogP contribution >= 0.6 is 0 Å². The highest BCUT2D eigenvalue weighted by Gasteiger charge is 2.63. The highest BCUT2D eigenvalue weighted by atomic mass is 19.1. The normalized spacial score (nSPS) is 26.3. The van der Waals surface area contributed by atoms with Crippen LogP contribution in [0.4, 0.5) is 4.39 Å². The quantitative estimate of drug-likeness (QED) is 0.822. The van der Waals surface area contributed by atoms with Crippen molar-refractivity contribution in [2.75, 3.05) is 20.4 Å². The van der Waals surface area contributed by atoms with Gasteiger partial charge in [-0.3, -0.25) is 14.0 Å². The van der Waals surface area contributed by atoms with Crippen LogP contribution in [0.1, 0.15) is 10.4 Å². The van der Waals surface area contributed by atoms with Gasteiger partial charge >= 0.3 is 0 Å². The maximum Gasteiger partial charge on any atom is 0.252 e. The molecular formula is C19H19FN2O4. The van der Waals surface area contributed by atoms with E-state index in [1.165, 1.54) is 7.11 Å². The number of methoxy groups -OCH3 is 1. The van der Waals surface area contributed by atoms with E-state index in [1.54, 1.807) is 18.2 Å². The number of alkyl halides is 1. The summed E-state index contributed by atoms with van der Waals surface area (Å²) < 4.78 is 24.1. The number of piperidine rings is 1. The number of carbonyl (C=O) groups is 2. The summed E-state index contributed by atoms with van der Waals surface area (Å²) in [5.41, 5.74) is 5.70. The minimum absolute atomic E-state index is 0.0125. The number of hydrogen-bond donors (Lipinski definition) is 2. The summed E-state index contributed by atoms with van der Waals surface area (Å²) in [5.74, 6) is -0.0550. The van der Waals surface area contributed by atoms with Crippen LogP contribution in [-0.4, -0.2) is 38.2 Å². The summed E-state index contributed by atoms with van der Waals surface area (Å²) in [4.78, 5) is 23.4. The van der Waals surface area contributed by atoms with E-state index in [2.05, 4.69) is 5.32 Å². The van der Waals surface area contributed by atoms with Gasteiger partial charge in [0.1, 0.15) is 18.1 Å². The molecule has 7 heteroatoms. The Bertz CT molecular complexity index is 900. The number of nitrogens with two attached hydrogens (primary N) is 1. The van der Waals surface area contributed by atoms with Crippen LogP contribution in [0, 0.1) is 17.8 Å². The lowest BCUT2D eigenvalue weighted by molar-refractivity contribution is -0.121. The minimum atomic E-state index is -0.569. The molecule has 4 rings (SSSR count). The molecule has 1 aliphatic carbocycles. The zero-order valence-electron chi connectivity index (χ0n) is 14.2. The second kappa shape index (κ2) is 6.16. The molecule has 2 aromatic rings. The van der Waals surface area contributed by atoms with Crippen molar-refractivity contribution in [1.82, 2.24) is 5.32 Å². The third-order valence-electron chi connectivity index (χ3n) is 5.35. The summed E-state index contributed by atoms with van der Waals surface area (Å²) in [6, 6.07) is 8.65. The number of rotatable bonds is 6. The predicted octanol–water partition coefficient (Wildman–Crippen LogP) is 1.66. The first-order chi connectivity index (χ1) is 12.5. The Kier molecular flexibility index (Phi) is 3.94. The van der Waals surface area contributed by atoms with Gasteiger partial charge < -0.3 is 20.5 Å². The number of nitrogens with one attached hydrogen (secondary N) is 1. The first-order valence-electron chi connectivity index (χ1n) is 8.45. The van der Waals surface area contributed by atoms with Crippen LogP contribution < -0.4 is 20.5 Å². The van der Waals surface area contributed by atoms with Gasteiger partial charge in [0, 0.05) is 23.1 Å². The summed E-state index contributed by atoms with van der Waals surface area (Å²) in [6.45, 7) is -0.205. The highest BCUT2D eigenvalue weighted by molar-refractivity contribution is 6.02. The number of ether oxygens (including phenoxy) is 2. The van der Waals surface area contributed by atoms with Crippen molar-refractivity contribution in [1.29, 1.82) is 0 Å². The monoisotopic (exact) mass is 358 g/mol. The summed E-state index contributed by atoms with van der Waals surface area (Å²) >= 11 is 0. The Hall–Kier alpha value is -2.83.